The maximum atomic E-state index is 13.3. The van der Waals surface area contributed by atoms with E-state index in [0.717, 1.165) is 22.4 Å². The number of carbonyl (C=O) groups is 1. The molecule has 0 bridgehead atoms. The van der Waals surface area contributed by atoms with E-state index in [1.165, 1.54) is 0 Å². The molecule has 29 heavy (non-hydrogen) atoms. The Balaban J connectivity index is 2.00. The van der Waals surface area contributed by atoms with Crippen LogP contribution in [0.2, 0.25) is 0 Å². The van der Waals surface area contributed by atoms with Crippen LogP contribution < -0.4 is 25.4 Å². The van der Waals surface area contributed by atoms with Crippen LogP contribution in [0.4, 0.5) is 5.69 Å². The molecule has 3 rings (SSSR count). The van der Waals surface area contributed by atoms with Crippen molar-refractivity contribution in [2.45, 2.75) is 26.8 Å². The van der Waals surface area contributed by atoms with Crippen LogP contribution in [0.3, 0.4) is 0 Å². The summed E-state index contributed by atoms with van der Waals surface area (Å²) >= 11 is 5.33. The topological polar surface area (TPSA) is 71.6 Å². The standard InChI is InChI=1S/C22H25N3O3S/c1-12-6-7-13(2)16(10-12)24-21(26)19-14(3)23-22(29)25-20(19)15-8-9-17(27-4)18(11-15)28-5/h6-11,20H,1-5H3,(H,24,26)(H2,23,25,29)/t20-/m1/s1. The number of methoxy groups -OCH3 is 2. The van der Waals surface area contributed by atoms with Crippen molar-refractivity contribution in [3.63, 3.8) is 0 Å². The lowest BCUT2D eigenvalue weighted by molar-refractivity contribution is -0.113. The second-order valence-corrected chi connectivity index (χ2v) is 7.37. The quantitative estimate of drug-likeness (QED) is 0.651. The van der Waals surface area contributed by atoms with Crippen LogP contribution in [0.5, 0.6) is 11.5 Å². The molecule has 2 aromatic carbocycles. The van der Waals surface area contributed by atoms with E-state index in [4.69, 9.17) is 21.7 Å². The zero-order chi connectivity index (χ0) is 21.1. The normalized spacial score (nSPS) is 16.0. The van der Waals surface area contributed by atoms with Crippen LogP contribution in [-0.2, 0) is 4.79 Å². The second-order valence-electron chi connectivity index (χ2n) is 6.96. The summed E-state index contributed by atoms with van der Waals surface area (Å²) in [5, 5.41) is 9.76. The van der Waals surface area contributed by atoms with Gasteiger partial charge in [0.1, 0.15) is 0 Å². The van der Waals surface area contributed by atoms with Gasteiger partial charge in [-0.3, -0.25) is 4.79 Å². The van der Waals surface area contributed by atoms with Crippen molar-refractivity contribution in [1.82, 2.24) is 10.6 Å². The van der Waals surface area contributed by atoms with Gasteiger partial charge in [-0.15, -0.1) is 0 Å². The molecule has 2 aromatic rings. The molecular weight excluding hydrogens is 386 g/mol. The predicted octanol–water partition coefficient (Wildman–Crippen LogP) is 3.75. The molecule has 1 aliphatic heterocycles. The van der Waals surface area contributed by atoms with Crippen molar-refractivity contribution in [3.05, 3.63) is 64.4 Å². The Morgan fingerprint density at radius 2 is 1.76 bits per heavy atom. The van der Waals surface area contributed by atoms with Gasteiger partial charge >= 0.3 is 0 Å². The van der Waals surface area contributed by atoms with Gasteiger partial charge in [-0.05, 0) is 67.9 Å². The molecule has 0 fully saturated rings. The molecule has 1 atom stereocenters. The number of hydrogen-bond donors (Lipinski definition) is 3. The Morgan fingerprint density at radius 1 is 1.03 bits per heavy atom. The van der Waals surface area contributed by atoms with Crippen LogP contribution >= 0.6 is 12.2 Å². The second kappa shape index (κ2) is 8.53. The molecule has 0 aliphatic carbocycles. The lowest BCUT2D eigenvalue weighted by atomic mass is 9.94. The van der Waals surface area contributed by atoms with Crippen molar-refractivity contribution in [2.24, 2.45) is 0 Å². The first-order valence-electron chi connectivity index (χ1n) is 9.23. The number of thiocarbonyl (C=S) groups is 1. The van der Waals surface area contributed by atoms with Gasteiger partial charge in [-0.25, -0.2) is 0 Å². The van der Waals surface area contributed by atoms with E-state index >= 15 is 0 Å². The van der Waals surface area contributed by atoms with E-state index in [1.807, 2.05) is 57.2 Å². The average Bonchev–Trinajstić information content (AvgIpc) is 2.69. The van der Waals surface area contributed by atoms with Crippen LogP contribution in [0.1, 0.15) is 29.7 Å². The first kappa shape index (κ1) is 20.7. The first-order chi connectivity index (χ1) is 13.8. The fourth-order valence-corrected chi connectivity index (χ4v) is 3.61. The monoisotopic (exact) mass is 411 g/mol. The third kappa shape index (κ3) is 4.35. The van der Waals surface area contributed by atoms with Crippen molar-refractivity contribution in [3.8, 4) is 11.5 Å². The minimum Gasteiger partial charge on any atom is -0.493 e. The van der Waals surface area contributed by atoms with E-state index in [2.05, 4.69) is 16.0 Å². The Kier molecular flexibility index (Phi) is 6.08. The van der Waals surface area contributed by atoms with E-state index in [0.29, 0.717) is 27.9 Å². The van der Waals surface area contributed by atoms with Gasteiger partial charge < -0.3 is 25.4 Å². The predicted molar refractivity (Wildman–Crippen MR) is 118 cm³/mol. The summed E-state index contributed by atoms with van der Waals surface area (Å²) in [5.41, 5.74) is 4.97. The van der Waals surface area contributed by atoms with Gasteiger partial charge in [0.15, 0.2) is 16.6 Å². The van der Waals surface area contributed by atoms with Crippen molar-refractivity contribution < 1.29 is 14.3 Å². The number of hydrogen-bond acceptors (Lipinski definition) is 4. The minimum atomic E-state index is -0.423. The Hall–Kier alpha value is -3.06. The molecule has 0 radical (unpaired) electrons. The largest absolute Gasteiger partial charge is 0.493 e. The number of nitrogens with one attached hydrogen (secondary N) is 3. The van der Waals surface area contributed by atoms with Crippen LogP contribution in [0.25, 0.3) is 0 Å². The zero-order valence-electron chi connectivity index (χ0n) is 17.2. The minimum absolute atomic E-state index is 0.196. The maximum absolute atomic E-state index is 13.3. The lowest BCUT2D eigenvalue weighted by Gasteiger charge is -2.30. The first-order valence-corrected chi connectivity index (χ1v) is 9.63. The molecule has 0 aromatic heterocycles. The van der Waals surface area contributed by atoms with Crippen LogP contribution in [0.15, 0.2) is 47.7 Å². The van der Waals surface area contributed by atoms with Gasteiger partial charge in [0, 0.05) is 11.4 Å². The third-order valence-electron chi connectivity index (χ3n) is 4.90. The molecular formula is C22H25N3O3S. The van der Waals surface area contributed by atoms with Crippen molar-refractivity contribution in [2.75, 3.05) is 19.5 Å². The third-order valence-corrected chi connectivity index (χ3v) is 5.12. The number of amides is 1. The highest BCUT2D eigenvalue weighted by molar-refractivity contribution is 7.80. The van der Waals surface area contributed by atoms with Gasteiger partial charge in [-0.2, -0.15) is 0 Å². The highest BCUT2D eigenvalue weighted by Crippen LogP contribution is 2.34. The SMILES string of the molecule is COc1ccc([C@H]2NC(=S)NC(C)=C2C(=O)Nc2cc(C)ccc2C)cc1OC. The number of aryl methyl sites for hydroxylation is 2. The van der Waals surface area contributed by atoms with Crippen molar-refractivity contribution >= 4 is 28.9 Å². The lowest BCUT2D eigenvalue weighted by Crippen LogP contribution is -2.45. The molecule has 1 aliphatic rings. The van der Waals surface area contributed by atoms with Crippen LogP contribution in [-0.4, -0.2) is 25.2 Å². The maximum Gasteiger partial charge on any atom is 0.255 e. The molecule has 6 nitrogen and oxygen atoms in total. The Labute approximate surface area is 176 Å². The van der Waals surface area contributed by atoms with Crippen LogP contribution in [0, 0.1) is 13.8 Å². The zero-order valence-corrected chi connectivity index (χ0v) is 18.0. The molecule has 0 spiro atoms. The fourth-order valence-electron chi connectivity index (χ4n) is 3.34. The summed E-state index contributed by atoms with van der Waals surface area (Å²) in [6.45, 7) is 5.81. The van der Waals surface area contributed by atoms with E-state index < -0.39 is 6.04 Å². The summed E-state index contributed by atoms with van der Waals surface area (Å²) in [7, 11) is 3.17. The fraction of sp³-hybridized carbons (Fsp3) is 0.273. The van der Waals surface area contributed by atoms with E-state index in [1.54, 1.807) is 14.2 Å². The summed E-state index contributed by atoms with van der Waals surface area (Å²) < 4.78 is 10.7. The van der Waals surface area contributed by atoms with E-state index in [9.17, 15) is 4.79 Å². The highest BCUT2D eigenvalue weighted by atomic mass is 32.1. The van der Waals surface area contributed by atoms with Crippen molar-refractivity contribution in [1.29, 1.82) is 0 Å². The molecule has 152 valence electrons. The number of benzene rings is 2. The summed E-state index contributed by atoms with van der Waals surface area (Å²) in [4.78, 5) is 13.3. The van der Waals surface area contributed by atoms with Gasteiger partial charge in [0.25, 0.3) is 5.91 Å². The van der Waals surface area contributed by atoms with Gasteiger partial charge in [0.2, 0.25) is 0 Å². The summed E-state index contributed by atoms with van der Waals surface area (Å²) in [5.74, 6) is 1.01. The smallest absolute Gasteiger partial charge is 0.255 e. The van der Waals surface area contributed by atoms with Gasteiger partial charge in [0.05, 0.1) is 25.8 Å². The number of allylic oxidation sites excluding steroid dienone is 1. The highest BCUT2D eigenvalue weighted by Gasteiger charge is 2.30. The molecule has 7 heteroatoms. The average molecular weight is 412 g/mol. The molecule has 3 N–H and O–H groups in total. The molecule has 0 saturated carbocycles. The molecule has 0 unspecified atom stereocenters. The summed E-state index contributed by atoms with van der Waals surface area (Å²) in [6, 6.07) is 11.1. The Morgan fingerprint density at radius 3 is 2.45 bits per heavy atom. The number of ether oxygens (including phenoxy) is 2. The van der Waals surface area contributed by atoms with E-state index in [-0.39, 0.29) is 5.91 Å². The van der Waals surface area contributed by atoms with Gasteiger partial charge in [-0.1, -0.05) is 18.2 Å². The Bertz CT molecular complexity index is 1000. The molecule has 1 amide bonds. The molecule has 1 heterocycles. The number of carbonyl (C=O) groups excluding carboxylic acids is 1. The molecule has 0 saturated heterocycles. The number of rotatable bonds is 5. The summed E-state index contributed by atoms with van der Waals surface area (Å²) in [6.07, 6.45) is 0. The number of anilines is 1.